The zero-order valence-electron chi connectivity index (χ0n) is 9.57. The van der Waals surface area contributed by atoms with Crippen molar-refractivity contribution in [3.05, 3.63) is 30.4 Å². The molecule has 1 amide bonds. The van der Waals surface area contributed by atoms with Gasteiger partial charge in [-0.2, -0.15) is 10.2 Å². The van der Waals surface area contributed by atoms with Gasteiger partial charge in [-0.05, 0) is 6.07 Å². The van der Waals surface area contributed by atoms with E-state index in [1.165, 1.54) is 21.8 Å². The molecule has 8 nitrogen and oxygen atoms in total. The van der Waals surface area contributed by atoms with Crippen LogP contribution in [-0.4, -0.2) is 36.5 Å². The number of nitrogens with one attached hydrogen (secondary N) is 1. The maximum atomic E-state index is 11.7. The van der Waals surface area contributed by atoms with E-state index in [-0.39, 0.29) is 18.1 Å². The first-order valence-electron chi connectivity index (χ1n) is 5.10. The van der Waals surface area contributed by atoms with E-state index >= 15 is 0 Å². The second-order valence-corrected chi connectivity index (χ2v) is 3.65. The highest BCUT2D eigenvalue weighted by Gasteiger charge is 2.10. The van der Waals surface area contributed by atoms with E-state index in [0.29, 0.717) is 5.69 Å². The summed E-state index contributed by atoms with van der Waals surface area (Å²) in [5.74, 6) is -1.37. The number of nitrogens with zero attached hydrogens (tertiary/aromatic N) is 4. The SMILES string of the molecule is Cn1ccc(C(=O)Nc2cnn(CC(=O)O)c2)n1. The van der Waals surface area contributed by atoms with Gasteiger partial charge < -0.3 is 10.4 Å². The molecule has 0 atom stereocenters. The Hall–Kier alpha value is -2.64. The second-order valence-electron chi connectivity index (χ2n) is 3.65. The molecule has 18 heavy (non-hydrogen) atoms. The number of amides is 1. The lowest BCUT2D eigenvalue weighted by Crippen LogP contribution is -2.13. The van der Waals surface area contributed by atoms with Gasteiger partial charge in [0.2, 0.25) is 0 Å². The topological polar surface area (TPSA) is 102 Å². The van der Waals surface area contributed by atoms with E-state index in [0.717, 1.165) is 0 Å². The van der Waals surface area contributed by atoms with Crippen molar-refractivity contribution in [2.45, 2.75) is 6.54 Å². The summed E-state index contributed by atoms with van der Waals surface area (Å²) >= 11 is 0. The normalized spacial score (nSPS) is 10.3. The number of anilines is 1. The van der Waals surface area contributed by atoms with Gasteiger partial charge in [0.05, 0.1) is 11.9 Å². The molecular formula is C10H11N5O3. The summed E-state index contributed by atoms with van der Waals surface area (Å²) in [7, 11) is 1.71. The molecule has 0 saturated heterocycles. The summed E-state index contributed by atoms with van der Waals surface area (Å²) < 4.78 is 2.74. The average Bonchev–Trinajstić information content (AvgIpc) is 2.87. The van der Waals surface area contributed by atoms with Crippen LogP contribution in [0.2, 0.25) is 0 Å². The van der Waals surface area contributed by atoms with Gasteiger partial charge in [-0.1, -0.05) is 0 Å². The lowest BCUT2D eigenvalue weighted by Gasteiger charge is -1.98. The first-order chi connectivity index (χ1) is 8.54. The van der Waals surface area contributed by atoms with Gasteiger partial charge in [0.1, 0.15) is 6.54 Å². The molecule has 2 N–H and O–H groups in total. The zero-order valence-corrected chi connectivity index (χ0v) is 9.57. The minimum atomic E-state index is -0.999. The van der Waals surface area contributed by atoms with Crippen molar-refractivity contribution < 1.29 is 14.7 Å². The van der Waals surface area contributed by atoms with Crippen molar-refractivity contribution in [3.63, 3.8) is 0 Å². The number of rotatable bonds is 4. The van der Waals surface area contributed by atoms with Crippen LogP contribution in [0.25, 0.3) is 0 Å². The van der Waals surface area contributed by atoms with Gasteiger partial charge in [0.15, 0.2) is 5.69 Å². The van der Waals surface area contributed by atoms with Crippen molar-refractivity contribution >= 4 is 17.6 Å². The number of aromatic nitrogens is 4. The Bertz CT molecular complexity index is 586. The van der Waals surface area contributed by atoms with Crippen LogP contribution < -0.4 is 5.32 Å². The third kappa shape index (κ3) is 2.73. The van der Waals surface area contributed by atoms with Crippen molar-refractivity contribution in [1.82, 2.24) is 19.6 Å². The Labute approximate surface area is 102 Å². The van der Waals surface area contributed by atoms with Crippen molar-refractivity contribution in [2.75, 3.05) is 5.32 Å². The van der Waals surface area contributed by atoms with Crippen LogP contribution in [0.3, 0.4) is 0 Å². The highest BCUT2D eigenvalue weighted by Crippen LogP contribution is 2.07. The van der Waals surface area contributed by atoms with Crippen LogP contribution in [0, 0.1) is 0 Å². The Morgan fingerprint density at radius 2 is 2.28 bits per heavy atom. The minimum absolute atomic E-state index is 0.251. The summed E-state index contributed by atoms with van der Waals surface area (Å²) in [6.07, 6.45) is 4.47. The van der Waals surface area contributed by atoms with Gasteiger partial charge in [0.25, 0.3) is 5.91 Å². The fourth-order valence-electron chi connectivity index (χ4n) is 1.38. The van der Waals surface area contributed by atoms with E-state index in [4.69, 9.17) is 5.11 Å². The highest BCUT2D eigenvalue weighted by molar-refractivity contribution is 6.02. The molecule has 0 saturated carbocycles. The van der Waals surface area contributed by atoms with Crippen molar-refractivity contribution in [1.29, 1.82) is 0 Å². The van der Waals surface area contributed by atoms with Crippen molar-refractivity contribution in [3.8, 4) is 0 Å². The molecule has 0 aromatic carbocycles. The molecule has 0 bridgehead atoms. The van der Waals surface area contributed by atoms with Gasteiger partial charge in [-0.3, -0.25) is 19.0 Å². The van der Waals surface area contributed by atoms with Gasteiger partial charge in [-0.25, -0.2) is 0 Å². The first kappa shape index (κ1) is 11.8. The maximum absolute atomic E-state index is 11.7. The Morgan fingerprint density at radius 3 is 2.89 bits per heavy atom. The van der Waals surface area contributed by atoms with Crippen LogP contribution in [0.15, 0.2) is 24.7 Å². The molecule has 0 fully saturated rings. The Morgan fingerprint density at radius 1 is 1.50 bits per heavy atom. The van der Waals surface area contributed by atoms with Crippen LogP contribution in [-0.2, 0) is 18.4 Å². The van der Waals surface area contributed by atoms with Crippen LogP contribution in [0.5, 0.6) is 0 Å². The van der Waals surface area contributed by atoms with Crippen LogP contribution in [0.4, 0.5) is 5.69 Å². The van der Waals surface area contributed by atoms with Gasteiger partial charge in [-0.15, -0.1) is 0 Å². The summed E-state index contributed by atoms with van der Waals surface area (Å²) in [5, 5.41) is 18.9. The molecule has 2 aromatic rings. The smallest absolute Gasteiger partial charge is 0.325 e. The molecule has 0 unspecified atom stereocenters. The number of hydrogen-bond donors (Lipinski definition) is 2. The maximum Gasteiger partial charge on any atom is 0.325 e. The first-order valence-corrected chi connectivity index (χ1v) is 5.10. The van der Waals surface area contributed by atoms with E-state index in [2.05, 4.69) is 15.5 Å². The molecule has 0 spiro atoms. The zero-order chi connectivity index (χ0) is 13.1. The second kappa shape index (κ2) is 4.70. The summed E-state index contributed by atoms with van der Waals surface area (Å²) in [6.45, 7) is -0.251. The number of carbonyl (C=O) groups excluding carboxylic acids is 1. The van der Waals surface area contributed by atoms with E-state index in [1.54, 1.807) is 19.3 Å². The van der Waals surface area contributed by atoms with E-state index < -0.39 is 5.97 Å². The Balaban J connectivity index is 2.03. The standard InChI is InChI=1S/C10H11N5O3/c1-14-3-2-8(13-14)10(18)12-7-4-11-15(5-7)6-9(16)17/h2-5H,6H2,1H3,(H,12,18)(H,16,17). The van der Waals surface area contributed by atoms with Crippen LogP contribution in [0.1, 0.15) is 10.5 Å². The molecule has 2 rings (SSSR count). The molecule has 8 heteroatoms. The summed E-state index contributed by atoms with van der Waals surface area (Å²) in [4.78, 5) is 22.2. The molecule has 94 valence electrons. The minimum Gasteiger partial charge on any atom is -0.480 e. The Kier molecular flexibility index (Phi) is 3.09. The predicted molar refractivity (Wildman–Crippen MR) is 61.0 cm³/mol. The lowest BCUT2D eigenvalue weighted by atomic mass is 10.4. The lowest BCUT2D eigenvalue weighted by molar-refractivity contribution is -0.137. The van der Waals surface area contributed by atoms with Gasteiger partial charge in [0, 0.05) is 19.4 Å². The molecule has 0 aliphatic carbocycles. The summed E-state index contributed by atoms with van der Waals surface area (Å²) in [5.41, 5.74) is 0.704. The number of carboxylic acids is 1. The molecule has 2 heterocycles. The number of aryl methyl sites for hydroxylation is 1. The highest BCUT2D eigenvalue weighted by atomic mass is 16.4. The third-order valence-corrected chi connectivity index (χ3v) is 2.13. The van der Waals surface area contributed by atoms with Crippen LogP contribution >= 0.6 is 0 Å². The van der Waals surface area contributed by atoms with Gasteiger partial charge >= 0.3 is 5.97 Å². The number of hydrogen-bond acceptors (Lipinski definition) is 4. The van der Waals surface area contributed by atoms with E-state index in [1.807, 2.05) is 0 Å². The average molecular weight is 249 g/mol. The molecule has 0 aliphatic heterocycles. The van der Waals surface area contributed by atoms with Crippen molar-refractivity contribution in [2.24, 2.45) is 7.05 Å². The number of carboxylic acid groups (broad SMARTS) is 1. The largest absolute Gasteiger partial charge is 0.480 e. The quantitative estimate of drug-likeness (QED) is 0.791. The predicted octanol–water partition coefficient (Wildman–Crippen LogP) is -0.0465. The monoisotopic (exact) mass is 249 g/mol. The third-order valence-electron chi connectivity index (χ3n) is 2.13. The molecule has 0 radical (unpaired) electrons. The molecule has 2 aromatic heterocycles. The number of carbonyl (C=O) groups is 2. The fourth-order valence-corrected chi connectivity index (χ4v) is 1.38. The fraction of sp³-hybridized carbons (Fsp3) is 0.200. The molecular weight excluding hydrogens is 238 g/mol. The van der Waals surface area contributed by atoms with E-state index in [9.17, 15) is 9.59 Å². The molecule has 0 aliphatic rings. The summed E-state index contributed by atoms with van der Waals surface area (Å²) in [6, 6.07) is 1.58. The number of aliphatic carboxylic acids is 1.